The molecule has 0 aliphatic carbocycles. The van der Waals surface area contributed by atoms with Crippen LogP contribution >= 0.6 is 21.0 Å². The summed E-state index contributed by atoms with van der Waals surface area (Å²) in [6, 6.07) is 15.1. The van der Waals surface area contributed by atoms with Crippen LogP contribution in [0.15, 0.2) is 48.5 Å². The van der Waals surface area contributed by atoms with Crippen molar-refractivity contribution in [2.75, 3.05) is 38.3 Å². The molecule has 31 heavy (non-hydrogen) atoms. The number of Topliss-reactive ketones (excluding diaryl/α,β-unsaturated/α-hetero) is 1. The first-order valence-electron chi connectivity index (χ1n) is 10.7. The van der Waals surface area contributed by atoms with E-state index < -0.39 is 0 Å². The SMILES string of the molecule is O=C(CC(SCCCP)c1ccc(OCCCO)cc1)c1ccc(OCCCO)cc1. The number of thioether (sulfide) groups is 1. The molecule has 0 aromatic heterocycles. The molecular formula is C24H33O5PS. The van der Waals surface area contributed by atoms with Crippen LogP contribution in [0.25, 0.3) is 0 Å². The standard InChI is InChI=1S/C24H33O5PS/c25-12-1-14-28-21-8-4-19(5-9-21)23(27)18-24(31-17-3-16-30)20-6-10-22(11-7-20)29-15-2-13-26/h4-11,24-26H,1-3,12-18,30H2. The molecule has 2 aromatic rings. The van der Waals surface area contributed by atoms with Crippen LogP contribution < -0.4 is 9.47 Å². The van der Waals surface area contributed by atoms with Crippen molar-refractivity contribution in [1.29, 1.82) is 0 Å². The van der Waals surface area contributed by atoms with E-state index in [4.69, 9.17) is 19.7 Å². The van der Waals surface area contributed by atoms with Gasteiger partial charge in [0, 0.05) is 43.3 Å². The Balaban J connectivity index is 2.01. The maximum Gasteiger partial charge on any atom is 0.164 e. The average Bonchev–Trinajstić information content (AvgIpc) is 2.80. The Labute approximate surface area is 191 Å². The Bertz CT molecular complexity index is 752. The molecule has 2 N–H and O–H groups in total. The lowest BCUT2D eigenvalue weighted by molar-refractivity contribution is 0.0982. The van der Waals surface area contributed by atoms with Crippen molar-refractivity contribution >= 4 is 26.8 Å². The summed E-state index contributed by atoms with van der Waals surface area (Å²) in [5.74, 6) is 2.57. The number of rotatable bonds is 16. The van der Waals surface area contributed by atoms with E-state index in [0.717, 1.165) is 29.6 Å². The second-order valence-corrected chi connectivity index (χ2v) is 8.96. The van der Waals surface area contributed by atoms with Gasteiger partial charge in [0.1, 0.15) is 11.5 Å². The third kappa shape index (κ3) is 9.61. The molecule has 170 valence electrons. The Morgan fingerprint density at radius 2 is 1.42 bits per heavy atom. The van der Waals surface area contributed by atoms with Gasteiger partial charge in [-0.3, -0.25) is 4.79 Å². The van der Waals surface area contributed by atoms with Crippen LogP contribution in [0.1, 0.15) is 46.9 Å². The summed E-state index contributed by atoms with van der Waals surface area (Å²) in [4.78, 5) is 12.9. The number of ketones is 1. The second-order valence-electron chi connectivity index (χ2n) is 7.07. The third-order valence-corrected chi connectivity index (χ3v) is 6.38. The first kappa shape index (κ1) is 25.7. The highest BCUT2D eigenvalue weighted by Gasteiger charge is 2.18. The van der Waals surface area contributed by atoms with Gasteiger partial charge in [0.25, 0.3) is 0 Å². The summed E-state index contributed by atoms with van der Waals surface area (Å²) in [5.41, 5.74) is 1.79. The number of aliphatic hydroxyl groups excluding tert-OH is 2. The number of hydrogen-bond donors (Lipinski definition) is 2. The van der Waals surface area contributed by atoms with Gasteiger partial charge in [-0.15, -0.1) is 9.24 Å². The number of benzene rings is 2. The van der Waals surface area contributed by atoms with E-state index in [1.165, 1.54) is 0 Å². The van der Waals surface area contributed by atoms with Crippen molar-refractivity contribution in [3.05, 3.63) is 59.7 Å². The number of ether oxygens (including phenoxy) is 2. The fourth-order valence-corrected chi connectivity index (χ4v) is 4.63. The lowest BCUT2D eigenvalue weighted by Crippen LogP contribution is -2.07. The lowest BCUT2D eigenvalue weighted by Gasteiger charge is -2.17. The Morgan fingerprint density at radius 1 is 0.871 bits per heavy atom. The summed E-state index contributed by atoms with van der Waals surface area (Å²) in [6.45, 7) is 1.16. The van der Waals surface area contributed by atoms with Gasteiger partial charge in [-0.25, -0.2) is 0 Å². The molecule has 0 aliphatic heterocycles. The van der Waals surface area contributed by atoms with E-state index in [-0.39, 0.29) is 24.2 Å². The molecule has 2 aromatic carbocycles. The van der Waals surface area contributed by atoms with Crippen molar-refractivity contribution < 1.29 is 24.5 Å². The van der Waals surface area contributed by atoms with Gasteiger partial charge >= 0.3 is 0 Å². The van der Waals surface area contributed by atoms with Crippen molar-refractivity contribution in [2.24, 2.45) is 0 Å². The molecule has 0 spiro atoms. The molecule has 0 saturated carbocycles. The fourth-order valence-electron chi connectivity index (χ4n) is 2.89. The van der Waals surface area contributed by atoms with Crippen LogP contribution in [-0.2, 0) is 0 Å². The summed E-state index contributed by atoms with van der Waals surface area (Å²) in [7, 11) is 2.75. The first-order chi connectivity index (χ1) is 15.2. The maximum atomic E-state index is 12.9. The largest absolute Gasteiger partial charge is 0.494 e. The van der Waals surface area contributed by atoms with Gasteiger partial charge < -0.3 is 19.7 Å². The summed E-state index contributed by atoms with van der Waals surface area (Å²) < 4.78 is 11.2. The van der Waals surface area contributed by atoms with Crippen LogP contribution in [0.3, 0.4) is 0 Å². The molecule has 0 fully saturated rings. The topological polar surface area (TPSA) is 76.0 Å². The molecule has 0 amide bonds. The molecule has 7 heteroatoms. The van der Waals surface area contributed by atoms with Gasteiger partial charge in [0.05, 0.1) is 13.2 Å². The van der Waals surface area contributed by atoms with Gasteiger partial charge in [-0.2, -0.15) is 11.8 Å². The zero-order valence-electron chi connectivity index (χ0n) is 17.9. The van der Waals surface area contributed by atoms with Crippen LogP contribution in [0.4, 0.5) is 0 Å². The molecule has 0 saturated heterocycles. The number of carbonyl (C=O) groups is 1. The van der Waals surface area contributed by atoms with Crippen molar-refractivity contribution in [1.82, 2.24) is 0 Å². The molecular weight excluding hydrogens is 431 g/mol. The summed E-state index contributed by atoms with van der Waals surface area (Å²) >= 11 is 1.81. The average molecular weight is 465 g/mol. The summed E-state index contributed by atoms with van der Waals surface area (Å²) in [5, 5.41) is 17.8. The van der Waals surface area contributed by atoms with Gasteiger partial charge in [0.2, 0.25) is 0 Å². The van der Waals surface area contributed by atoms with E-state index in [1.54, 1.807) is 24.3 Å². The minimum Gasteiger partial charge on any atom is -0.494 e. The molecule has 2 unspecified atom stereocenters. The molecule has 2 atom stereocenters. The molecule has 5 nitrogen and oxygen atoms in total. The number of hydrogen-bond acceptors (Lipinski definition) is 6. The normalized spacial score (nSPS) is 11.8. The fraction of sp³-hybridized carbons (Fsp3) is 0.458. The highest BCUT2D eigenvalue weighted by Crippen LogP contribution is 2.35. The summed E-state index contributed by atoms with van der Waals surface area (Å²) in [6.07, 6.45) is 3.75. The zero-order chi connectivity index (χ0) is 22.3. The maximum absolute atomic E-state index is 12.9. The minimum absolute atomic E-state index is 0.0797. The quantitative estimate of drug-likeness (QED) is 0.216. The van der Waals surface area contributed by atoms with E-state index in [2.05, 4.69) is 9.24 Å². The van der Waals surface area contributed by atoms with E-state index in [0.29, 0.717) is 43.8 Å². The van der Waals surface area contributed by atoms with Gasteiger partial charge in [-0.1, -0.05) is 12.1 Å². The molecule has 0 bridgehead atoms. The minimum atomic E-state index is 0.0797. The van der Waals surface area contributed by atoms with Crippen molar-refractivity contribution in [2.45, 2.75) is 30.9 Å². The third-order valence-electron chi connectivity index (χ3n) is 4.61. The van der Waals surface area contributed by atoms with E-state index in [1.807, 2.05) is 36.0 Å². The predicted octanol–water partition coefficient (Wildman–Crippen LogP) is 4.52. The second kappa shape index (κ2) is 15.3. The molecule has 2 rings (SSSR count). The molecule has 0 aliphatic rings. The van der Waals surface area contributed by atoms with Gasteiger partial charge in [-0.05, 0) is 60.3 Å². The van der Waals surface area contributed by atoms with E-state index in [9.17, 15) is 4.79 Å². The Kier molecular flexibility index (Phi) is 12.6. The first-order valence-corrected chi connectivity index (χ1v) is 12.6. The highest BCUT2D eigenvalue weighted by atomic mass is 32.2. The highest BCUT2D eigenvalue weighted by molar-refractivity contribution is 7.99. The zero-order valence-corrected chi connectivity index (χ0v) is 19.8. The van der Waals surface area contributed by atoms with E-state index >= 15 is 0 Å². The van der Waals surface area contributed by atoms with Crippen LogP contribution in [0, 0.1) is 0 Å². The van der Waals surface area contributed by atoms with Gasteiger partial charge in [0.15, 0.2) is 5.78 Å². The van der Waals surface area contributed by atoms with Crippen LogP contribution in [-0.4, -0.2) is 54.3 Å². The van der Waals surface area contributed by atoms with Crippen molar-refractivity contribution in [3.8, 4) is 11.5 Å². The van der Waals surface area contributed by atoms with Crippen molar-refractivity contribution in [3.63, 3.8) is 0 Å². The Hall–Kier alpha value is -1.59. The monoisotopic (exact) mass is 464 g/mol. The van der Waals surface area contributed by atoms with Crippen LogP contribution in [0.5, 0.6) is 11.5 Å². The van der Waals surface area contributed by atoms with Crippen LogP contribution in [0.2, 0.25) is 0 Å². The predicted molar refractivity (Wildman–Crippen MR) is 131 cm³/mol. The number of carbonyl (C=O) groups excluding carboxylic acids is 1. The molecule has 0 heterocycles. The number of aliphatic hydroxyl groups is 2. The lowest BCUT2D eigenvalue weighted by atomic mass is 10.0. The Morgan fingerprint density at radius 3 is 1.94 bits per heavy atom. The smallest absolute Gasteiger partial charge is 0.164 e. The molecule has 0 radical (unpaired) electrons.